The molecule has 1 heterocycles. The average Bonchev–Trinajstić information content (AvgIpc) is 2.77. The Bertz CT molecular complexity index is 721. The van der Waals surface area contributed by atoms with Gasteiger partial charge in [0.25, 0.3) is 0 Å². The summed E-state index contributed by atoms with van der Waals surface area (Å²) in [5.41, 5.74) is 9.31. The maximum Gasteiger partial charge on any atom is 0.224 e. The highest BCUT2D eigenvalue weighted by molar-refractivity contribution is 5.57. The van der Waals surface area contributed by atoms with E-state index in [0.717, 1.165) is 11.3 Å². The molecule has 2 aromatic rings. The Labute approximate surface area is 132 Å². The zero-order valence-corrected chi connectivity index (χ0v) is 13.8. The van der Waals surface area contributed by atoms with E-state index in [2.05, 4.69) is 32.0 Å². The predicted molar refractivity (Wildman–Crippen MR) is 89.3 cm³/mol. The van der Waals surface area contributed by atoms with E-state index in [1.165, 1.54) is 5.56 Å². The van der Waals surface area contributed by atoms with Crippen LogP contribution in [0.15, 0.2) is 24.3 Å². The number of benzene rings is 1. The zero-order valence-electron chi connectivity index (χ0n) is 13.8. The lowest BCUT2D eigenvalue weighted by molar-refractivity contribution is 0.409. The summed E-state index contributed by atoms with van der Waals surface area (Å²) in [4.78, 5) is 0. The van der Waals surface area contributed by atoms with Gasteiger partial charge >= 0.3 is 0 Å². The van der Waals surface area contributed by atoms with E-state index in [4.69, 9.17) is 10.5 Å². The lowest BCUT2D eigenvalue weighted by Gasteiger charge is -2.17. The molecule has 0 aliphatic carbocycles. The third kappa shape index (κ3) is 2.94. The molecule has 1 aromatic heterocycles. The zero-order chi connectivity index (χ0) is 16.4. The van der Waals surface area contributed by atoms with E-state index in [-0.39, 0.29) is 6.04 Å². The molecule has 0 radical (unpaired) electrons. The average molecular weight is 297 g/mol. The topological polar surface area (TPSA) is 64.0 Å². The minimum absolute atomic E-state index is 0.0931. The maximum atomic E-state index is 9.26. The van der Waals surface area contributed by atoms with Gasteiger partial charge in [-0.05, 0) is 43.9 Å². The van der Waals surface area contributed by atoms with Crippen molar-refractivity contribution < 1.29 is 4.74 Å². The Morgan fingerprint density at radius 2 is 1.86 bits per heavy atom. The molecular weight excluding hydrogens is 274 g/mol. The Kier molecular flexibility index (Phi) is 4.46. The second-order valence-corrected chi connectivity index (χ2v) is 6.15. The number of hydrogen-bond acceptors (Lipinski definition) is 3. The number of hydrogen-bond donors (Lipinski definition) is 1. The van der Waals surface area contributed by atoms with Crippen LogP contribution in [-0.2, 0) is 0 Å². The number of anilines is 1. The monoisotopic (exact) mass is 297 g/mol. The fourth-order valence-electron chi connectivity index (χ4n) is 2.42. The van der Waals surface area contributed by atoms with Crippen LogP contribution in [0.4, 0.5) is 5.69 Å². The van der Waals surface area contributed by atoms with Crippen molar-refractivity contribution in [1.29, 1.82) is 5.26 Å². The van der Waals surface area contributed by atoms with Gasteiger partial charge in [-0.3, -0.25) is 4.57 Å². The molecule has 0 saturated carbocycles. The first-order chi connectivity index (χ1) is 10.3. The number of aryl methyl sites for hydroxylation is 1. The highest BCUT2D eigenvalue weighted by atomic mass is 16.5. The summed E-state index contributed by atoms with van der Waals surface area (Å²) in [7, 11) is 0. The van der Waals surface area contributed by atoms with Crippen LogP contribution in [-0.4, -0.2) is 4.57 Å². The van der Waals surface area contributed by atoms with Gasteiger partial charge in [-0.1, -0.05) is 26.0 Å². The Hall–Kier alpha value is -2.41. The number of nitriles is 1. The smallest absolute Gasteiger partial charge is 0.224 e. The molecule has 0 atom stereocenters. The van der Waals surface area contributed by atoms with Crippen molar-refractivity contribution in [3.8, 4) is 17.7 Å². The summed E-state index contributed by atoms with van der Waals surface area (Å²) >= 11 is 0. The van der Waals surface area contributed by atoms with Gasteiger partial charge < -0.3 is 10.5 Å². The summed E-state index contributed by atoms with van der Waals surface area (Å²) in [6.07, 6.45) is 0. The Morgan fingerprint density at radius 3 is 2.41 bits per heavy atom. The normalized spacial score (nSPS) is 11.0. The molecule has 0 aliphatic rings. The summed E-state index contributed by atoms with van der Waals surface area (Å²) in [6, 6.07) is 10.1. The molecule has 0 amide bonds. The van der Waals surface area contributed by atoms with E-state index >= 15 is 0 Å². The number of nitrogens with two attached hydrogens (primary N) is 1. The van der Waals surface area contributed by atoms with E-state index < -0.39 is 0 Å². The Balaban J connectivity index is 2.50. The first-order valence-corrected chi connectivity index (χ1v) is 7.54. The second kappa shape index (κ2) is 6.15. The Morgan fingerprint density at radius 1 is 1.18 bits per heavy atom. The molecule has 0 unspecified atom stereocenters. The van der Waals surface area contributed by atoms with E-state index in [1.54, 1.807) is 6.07 Å². The van der Waals surface area contributed by atoms with Gasteiger partial charge in [0.2, 0.25) is 5.88 Å². The molecule has 0 aliphatic heterocycles. The molecule has 0 saturated heterocycles. The van der Waals surface area contributed by atoms with Crippen molar-refractivity contribution in [2.24, 2.45) is 0 Å². The summed E-state index contributed by atoms with van der Waals surface area (Å²) in [5.74, 6) is 1.74. The van der Waals surface area contributed by atoms with Gasteiger partial charge in [-0.2, -0.15) is 5.26 Å². The standard InChI is InChI=1S/C18H23N3O/c1-11(2)14-7-6-13(5)17(8-14)22-18-16(20)9-15(10-19)21(18)12(3)4/h6-9,11-12H,20H2,1-5H3. The highest BCUT2D eigenvalue weighted by Gasteiger charge is 2.18. The minimum atomic E-state index is 0.0931. The summed E-state index contributed by atoms with van der Waals surface area (Å²) < 4.78 is 7.92. The fourth-order valence-corrected chi connectivity index (χ4v) is 2.42. The molecule has 1 aromatic carbocycles. The molecule has 2 rings (SSSR count). The third-order valence-electron chi connectivity index (χ3n) is 3.73. The van der Waals surface area contributed by atoms with Crippen LogP contribution < -0.4 is 10.5 Å². The van der Waals surface area contributed by atoms with Gasteiger partial charge in [0.1, 0.15) is 17.5 Å². The number of rotatable bonds is 4. The van der Waals surface area contributed by atoms with Gasteiger partial charge in [-0.15, -0.1) is 0 Å². The number of ether oxygens (including phenoxy) is 1. The molecule has 2 N–H and O–H groups in total. The molecule has 0 spiro atoms. The van der Waals surface area contributed by atoms with Crippen molar-refractivity contribution in [1.82, 2.24) is 4.57 Å². The van der Waals surface area contributed by atoms with Crippen LogP contribution in [0.1, 0.15) is 56.5 Å². The van der Waals surface area contributed by atoms with E-state index in [1.807, 2.05) is 31.4 Å². The van der Waals surface area contributed by atoms with Gasteiger partial charge in [0.05, 0.1) is 5.69 Å². The highest BCUT2D eigenvalue weighted by Crippen LogP contribution is 2.36. The van der Waals surface area contributed by atoms with E-state index in [9.17, 15) is 5.26 Å². The lowest BCUT2D eigenvalue weighted by atomic mass is 10.0. The van der Waals surface area contributed by atoms with Gasteiger partial charge in [0.15, 0.2) is 0 Å². The molecular formula is C18H23N3O. The molecule has 0 bridgehead atoms. The van der Waals surface area contributed by atoms with Gasteiger partial charge in [0, 0.05) is 12.1 Å². The summed E-state index contributed by atoms with van der Waals surface area (Å²) in [5, 5.41) is 9.26. The van der Waals surface area contributed by atoms with Crippen LogP contribution in [0.5, 0.6) is 11.6 Å². The van der Waals surface area contributed by atoms with Crippen molar-refractivity contribution in [3.05, 3.63) is 41.1 Å². The fraction of sp³-hybridized carbons (Fsp3) is 0.389. The maximum absolute atomic E-state index is 9.26. The van der Waals surface area contributed by atoms with Crippen molar-refractivity contribution in [2.75, 3.05) is 5.73 Å². The lowest BCUT2D eigenvalue weighted by Crippen LogP contribution is -2.06. The molecule has 4 nitrogen and oxygen atoms in total. The number of nitrogen functional groups attached to an aromatic ring is 1. The third-order valence-corrected chi connectivity index (χ3v) is 3.73. The number of nitrogens with zero attached hydrogens (tertiary/aromatic N) is 2. The summed E-state index contributed by atoms with van der Waals surface area (Å²) in [6.45, 7) is 10.3. The largest absolute Gasteiger partial charge is 0.438 e. The van der Waals surface area contributed by atoms with Crippen molar-refractivity contribution in [3.63, 3.8) is 0 Å². The van der Waals surface area contributed by atoms with Crippen LogP contribution in [0.3, 0.4) is 0 Å². The van der Waals surface area contributed by atoms with Crippen molar-refractivity contribution >= 4 is 5.69 Å². The van der Waals surface area contributed by atoms with Crippen molar-refractivity contribution in [2.45, 2.75) is 46.6 Å². The van der Waals surface area contributed by atoms with Crippen LogP contribution in [0.2, 0.25) is 0 Å². The molecule has 4 heteroatoms. The SMILES string of the molecule is Cc1ccc(C(C)C)cc1Oc1c(N)cc(C#N)n1C(C)C. The van der Waals surface area contributed by atoms with E-state index in [0.29, 0.717) is 23.2 Å². The molecule has 22 heavy (non-hydrogen) atoms. The second-order valence-electron chi connectivity index (χ2n) is 6.15. The van der Waals surface area contributed by atoms with Crippen LogP contribution in [0.25, 0.3) is 0 Å². The van der Waals surface area contributed by atoms with Crippen LogP contribution >= 0.6 is 0 Å². The quantitative estimate of drug-likeness (QED) is 0.886. The minimum Gasteiger partial charge on any atom is -0.438 e. The predicted octanol–water partition coefficient (Wildman–Crippen LogP) is 4.75. The van der Waals surface area contributed by atoms with Gasteiger partial charge in [-0.25, -0.2) is 0 Å². The number of aromatic nitrogens is 1. The molecule has 0 fully saturated rings. The first-order valence-electron chi connectivity index (χ1n) is 7.54. The first kappa shape index (κ1) is 16.0. The van der Waals surface area contributed by atoms with Crippen LogP contribution in [0, 0.1) is 18.3 Å². The molecule has 116 valence electrons.